The van der Waals surface area contributed by atoms with Gasteiger partial charge in [0.25, 0.3) is 11.1 Å². The van der Waals surface area contributed by atoms with Crippen LogP contribution < -0.4 is 40.6 Å². The third-order valence-corrected chi connectivity index (χ3v) is 18.3. The lowest BCUT2D eigenvalue weighted by molar-refractivity contribution is 0.0116. The number of nitrogens with zero attached hydrogens (tertiary/aromatic N) is 9. The van der Waals surface area contributed by atoms with Crippen molar-refractivity contribution in [2.45, 2.75) is 144 Å². The number of piperazine rings is 2. The van der Waals surface area contributed by atoms with Crippen LogP contribution in [0.1, 0.15) is 117 Å². The highest BCUT2D eigenvalue weighted by molar-refractivity contribution is 6.05. The maximum absolute atomic E-state index is 17.5. The topological polar surface area (TPSA) is 169 Å². The number of anilines is 4. The molecule has 4 aromatic carbocycles. The fraction of sp³-hybridized carbons (Fsp3) is 0.425. The van der Waals surface area contributed by atoms with Crippen LogP contribution in [0.15, 0.2) is 82.6 Å². The zero-order chi connectivity index (χ0) is 70.5. The van der Waals surface area contributed by atoms with Gasteiger partial charge in [0.2, 0.25) is 0 Å². The first-order valence-corrected chi connectivity index (χ1v) is 32.5. The van der Waals surface area contributed by atoms with Crippen LogP contribution in [-0.4, -0.2) is 137 Å². The minimum atomic E-state index is -1.12. The number of benzene rings is 4. The van der Waals surface area contributed by atoms with E-state index in [4.69, 9.17) is 18.9 Å². The number of rotatable bonds is 8. The summed E-state index contributed by atoms with van der Waals surface area (Å²) in [6.45, 7) is 27.5. The number of aryl methyl sites for hydroxylation is 2. The second-order valence-electron chi connectivity index (χ2n) is 28.1. The summed E-state index contributed by atoms with van der Waals surface area (Å²) in [4.78, 5) is 74.1. The fourth-order valence-corrected chi connectivity index (χ4v) is 14.0. The molecule has 4 aliphatic heterocycles. The fourth-order valence-electron chi connectivity index (χ4n) is 14.0. The monoisotopic (exact) mass is 1340 g/mol. The van der Waals surface area contributed by atoms with Crippen molar-refractivity contribution in [3.8, 4) is 45.1 Å². The van der Waals surface area contributed by atoms with Gasteiger partial charge in [-0.2, -0.15) is 0 Å². The van der Waals surface area contributed by atoms with Crippen molar-refractivity contribution in [1.82, 2.24) is 28.9 Å². The molecule has 0 aliphatic carbocycles. The van der Waals surface area contributed by atoms with Crippen molar-refractivity contribution >= 4 is 56.7 Å². The van der Waals surface area contributed by atoms with Gasteiger partial charge in [-0.25, -0.2) is 35.9 Å². The number of fused-ring (bicyclic) bond motifs is 10. The zero-order valence-electron chi connectivity index (χ0n) is 57.7. The Hall–Kier alpha value is -9.48. The van der Waals surface area contributed by atoms with Crippen molar-refractivity contribution in [2.24, 2.45) is 0 Å². The third kappa shape index (κ3) is 12.2. The van der Waals surface area contributed by atoms with E-state index in [2.05, 4.69) is 15.3 Å². The van der Waals surface area contributed by atoms with Crippen LogP contribution in [0.5, 0.6) is 11.5 Å². The summed E-state index contributed by atoms with van der Waals surface area (Å²) in [6.07, 6.45) is 2.34. The number of halogens is 6. The highest BCUT2D eigenvalue weighted by Gasteiger charge is 2.45. The molecule has 0 spiro atoms. The van der Waals surface area contributed by atoms with Gasteiger partial charge in [-0.1, -0.05) is 39.8 Å². The van der Waals surface area contributed by atoms with Crippen molar-refractivity contribution in [1.29, 1.82) is 0 Å². The molecule has 514 valence electrons. The van der Waals surface area contributed by atoms with E-state index in [9.17, 15) is 19.2 Å². The quantitative estimate of drug-likeness (QED) is 0.143. The molecule has 0 bridgehead atoms. The normalized spacial score (nSPS) is 17.7. The number of hydrogen-bond acceptors (Lipinski definition) is 14. The Morgan fingerprint density at radius 3 is 1.40 bits per heavy atom. The number of methoxy groups -OCH3 is 2. The standard InChI is InChI=1S/C37H42F3N5O4.C36H40F3N5O4/c1-19(2)30-31(20(3)13-14-41-30)45-32-23(15-25(39)28(29(32)40)27-24(38)11-10-12-26(27)48-9)33-34(35(45)46)42(8)17-22-18-43(21(4)16-44(22)33)36(47)49-37(5,6)7;1-18(2)29-31(19(3)12-13-40-29)44-32-22(14-24(38)27(28(32)39)26-23(37)10-9-11-25(26)47-8)33-30(34(44)45)41-15-21-17-42(20(4)16-43(21)33)35(46)48-36(5,6)7/h10-15,19,21-22H,16-18H2,1-9H3;9-14,18,20-21,41H,15-17H2,1-8H3/t21-,22+;20-,21+/m11/s1. The number of hydrogen-bond donors (Lipinski definition) is 1. The Balaban J connectivity index is 0.000000197. The number of aromatic nitrogens is 4. The summed E-state index contributed by atoms with van der Waals surface area (Å²) in [5.74, 6) is -6.47. The summed E-state index contributed by atoms with van der Waals surface area (Å²) < 4.78 is 123. The maximum Gasteiger partial charge on any atom is 0.410 e. The average molecular weight is 1340 g/mol. The van der Waals surface area contributed by atoms with E-state index >= 15 is 26.3 Å². The molecule has 8 aromatic rings. The smallest absolute Gasteiger partial charge is 0.410 e. The molecule has 4 aromatic heterocycles. The van der Waals surface area contributed by atoms with Crippen molar-refractivity contribution < 1.29 is 54.9 Å². The lowest BCUT2D eigenvalue weighted by Crippen LogP contribution is -2.64. The van der Waals surface area contributed by atoms with E-state index in [0.29, 0.717) is 51.8 Å². The first kappa shape index (κ1) is 68.9. The van der Waals surface area contributed by atoms with Crippen LogP contribution in [0, 0.1) is 48.8 Å². The Kier molecular flexibility index (Phi) is 18.3. The minimum absolute atomic E-state index is 0.0590. The molecule has 0 saturated carbocycles. The lowest BCUT2D eigenvalue weighted by atomic mass is 9.95. The van der Waals surface area contributed by atoms with Gasteiger partial charge in [-0.15, -0.1) is 0 Å². The summed E-state index contributed by atoms with van der Waals surface area (Å²) >= 11 is 0. The molecule has 1 N–H and O–H groups in total. The van der Waals surface area contributed by atoms with Crippen LogP contribution in [0.25, 0.3) is 55.4 Å². The van der Waals surface area contributed by atoms with Gasteiger partial charge in [-0.05, 0) is 141 Å². The molecule has 24 heteroatoms. The molecule has 0 radical (unpaired) electrons. The number of amides is 2. The van der Waals surface area contributed by atoms with E-state index in [1.54, 1.807) is 102 Å². The van der Waals surface area contributed by atoms with Gasteiger partial charge in [0.1, 0.15) is 57.3 Å². The van der Waals surface area contributed by atoms with Crippen LogP contribution >= 0.6 is 0 Å². The minimum Gasteiger partial charge on any atom is -0.496 e. The number of carbonyl (C=O) groups is 2. The Morgan fingerprint density at radius 1 is 0.546 bits per heavy atom. The summed E-state index contributed by atoms with van der Waals surface area (Å²) in [6, 6.07) is 12.2. The van der Waals surface area contributed by atoms with E-state index in [-0.39, 0.29) is 119 Å². The SMILES string of the molecule is COc1cccc(F)c1-c1c(F)cc2c3c(c(=O)n(-c4c(C)ccnc4C(C)C)c2c1F)N(C)C[C@H]1CN(C(=O)OC(C)(C)C)[C@H](C)CN31.COc1cccc(F)c1-c1c(F)cc2c3c(c(=O)n(-c4c(C)ccnc4C(C)C)c2c1F)NC[C@H]1CN(C(=O)OC(C)(C)C)[C@H](C)CN31. The number of carbonyl (C=O) groups excluding carboxylic acids is 2. The Labute approximate surface area is 559 Å². The van der Waals surface area contributed by atoms with Gasteiger partial charge in [-0.3, -0.25) is 28.7 Å². The van der Waals surface area contributed by atoms with Crippen molar-refractivity contribution in [3.63, 3.8) is 0 Å². The molecular weight excluding hydrogens is 1260 g/mol. The molecule has 0 unspecified atom stereocenters. The predicted octanol–water partition coefficient (Wildman–Crippen LogP) is 14.3. The first-order valence-electron chi connectivity index (χ1n) is 32.5. The molecular formula is C73H82F6N10O8. The zero-order valence-corrected chi connectivity index (χ0v) is 57.7. The maximum atomic E-state index is 17.5. The van der Waals surface area contributed by atoms with Crippen LogP contribution in [0.2, 0.25) is 0 Å². The Morgan fingerprint density at radius 2 is 0.969 bits per heavy atom. The predicted molar refractivity (Wildman–Crippen MR) is 365 cm³/mol. The van der Waals surface area contributed by atoms with Gasteiger partial charge in [0, 0.05) is 81.6 Å². The molecule has 12 rings (SSSR count). The summed E-state index contributed by atoms with van der Waals surface area (Å²) in [5.41, 5.74) is -0.739. The van der Waals surface area contributed by atoms with E-state index in [1.807, 2.05) is 51.3 Å². The highest BCUT2D eigenvalue weighted by atomic mass is 19.2. The molecule has 2 fully saturated rings. The third-order valence-electron chi connectivity index (χ3n) is 18.3. The van der Waals surface area contributed by atoms with Crippen LogP contribution in [-0.2, 0) is 9.47 Å². The van der Waals surface area contributed by atoms with Crippen LogP contribution in [0.3, 0.4) is 0 Å². The lowest BCUT2D eigenvalue weighted by Gasteiger charge is -2.51. The van der Waals surface area contributed by atoms with E-state index in [0.717, 1.165) is 18.2 Å². The van der Waals surface area contributed by atoms with Crippen molar-refractivity contribution in [2.75, 3.05) is 80.6 Å². The van der Waals surface area contributed by atoms with Gasteiger partial charge >= 0.3 is 12.2 Å². The number of nitrogens with one attached hydrogen (secondary N) is 1. The molecule has 97 heavy (non-hydrogen) atoms. The summed E-state index contributed by atoms with van der Waals surface area (Å²) in [7, 11) is 4.34. The van der Waals surface area contributed by atoms with Gasteiger partial charge in [0.05, 0.1) is 93.7 Å². The summed E-state index contributed by atoms with van der Waals surface area (Å²) in [5, 5.41) is 3.49. The first-order chi connectivity index (χ1) is 45.7. The van der Waals surface area contributed by atoms with E-state index < -0.39 is 86.1 Å². The molecule has 8 heterocycles. The number of pyridine rings is 4. The van der Waals surface area contributed by atoms with Gasteiger partial charge in [0.15, 0.2) is 11.6 Å². The molecule has 4 aliphatic rings. The second kappa shape index (κ2) is 25.8. The highest BCUT2D eigenvalue weighted by Crippen LogP contribution is 2.49. The molecule has 2 saturated heterocycles. The molecule has 18 nitrogen and oxygen atoms in total. The van der Waals surface area contributed by atoms with Gasteiger partial charge < -0.3 is 48.8 Å². The molecule has 2 amide bonds. The van der Waals surface area contributed by atoms with Crippen molar-refractivity contribution in [3.05, 3.63) is 151 Å². The van der Waals surface area contributed by atoms with Crippen LogP contribution in [0.4, 0.5) is 58.7 Å². The number of ether oxygens (including phenoxy) is 4. The second-order valence-corrected chi connectivity index (χ2v) is 28.1. The number of likely N-dealkylation sites (N-methyl/N-ethyl adjacent to an activating group) is 1. The average Bonchev–Trinajstić information content (AvgIpc) is 0.708. The molecule has 4 atom stereocenters. The van der Waals surface area contributed by atoms with E-state index in [1.165, 1.54) is 53.7 Å². The largest absolute Gasteiger partial charge is 0.496 e. The Bertz CT molecular complexity index is 4620.